The summed E-state index contributed by atoms with van der Waals surface area (Å²) in [5.41, 5.74) is 23.1. The highest BCUT2D eigenvalue weighted by atomic mass is 14.3. The van der Waals surface area contributed by atoms with Crippen LogP contribution in [0.5, 0.6) is 0 Å². The third kappa shape index (κ3) is 10.3. The van der Waals surface area contributed by atoms with Gasteiger partial charge in [-0.25, -0.2) is 0 Å². The summed E-state index contributed by atoms with van der Waals surface area (Å²) in [5, 5.41) is 51.4. The van der Waals surface area contributed by atoms with E-state index in [4.69, 9.17) is 0 Å². The van der Waals surface area contributed by atoms with Crippen LogP contribution >= 0.6 is 0 Å². The summed E-state index contributed by atoms with van der Waals surface area (Å²) in [6.45, 7) is 0. The van der Waals surface area contributed by atoms with Gasteiger partial charge in [0, 0.05) is 0 Å². The largest absolute Gasteiger partial charge is 0.0610 e. The molecule has 0 fully saturated rings. The van der Waals surface area contributed by atoms with Gasteiger partial charge < -0.3 is 0 Å². The Morgan fingerprint density at radius 2 is 0.213 bits per heavy atom. The first-order chi connectivity index (χ1) is 67.5. The lowest BCUT2D eigenvalue weighted by molar-refractivity contribution is 1.52. The molecule has 0 aliphatic rings. The summed E-state index contributed by atoms with van der Waals surface area (Å²) in [6, 6.07) is 177. The van der Waals surface area contributed by atoms with Gasteiger partial charge in [0.2, 0.25) is 0 Å². The maximum absolute atomic E-state index is 2.57. The molecule has 136 heavy (non-hydrogen) atoms. The van der Waals surface area contributed by atoms with E-state index in [1.54, 1.807) is 0 Å². The Balaban J connectivity index is 0.665. The van der Waals surface area contributed by atoms with E-state index in [9.17, 15) is 0 Å². The Morgan fingerprint density at radius 1 is 0.0809 bits per heavy atom. The molecular weight excluding hydrogens is 1630 g/mol. The Kier molecular flexibility index (Phi) is 15.2. The molecule has 0 saturated heterocycles. The number of hydrogen-bond acceptors (Lipinski definition) is 0. The van der Waals surface area contributed by atoms with Crippen LogP contribution in [0.2, 0.25) is 0 Å². The van der Waals surface area contributed by atoms with Gasteiger partial charge in [0.15, 0.2) is 0 Å². The Morgan fingerprint density at radius 3 is 0.397 bits per heavy atom. The quantitative estimate of drug-likeness (QED) is 0.0946. The molecule has 31 aromatic rings. The van der Waals surface area contributed by atoms with Gasteiger partial charge in [-0.1, -0.05) is 455 Å². The van der Waals surface area contributed by atoms with E-state index in [0.29, 0.717) is 0 Å². The highest BCUT2D eigenvalue weighted by molar-refractivity contribution is 6.40. The predicted octanol–water partition coefficient (Wildman–Crippen LogP) is 38.6. The lowest BCUT2D eigenvalue weighted by Gasteiger charge is -2.25. The molecule has 0 unspecified atom stereocenters. The molecule has 0 radical (unpaired) electrons. The van der Waals surface area contributed by atoms with E-state index >= 15 is 0 Å². The van der Waals surface area contributed by atoms with E-state index in [1.165, 1.54) is 243 Å². The van der Waals surface area contributed by atoms with Crippen molar-refractivity contribution in [2.24, 2.45) is 0 Å². The average molecular weight is 1710 g/mol. The average Bonchev–Trinajstić information content (AvgIpc) is 0.719. The molecule has 0 atom stereocenters. The third-order valence-electron chi connectivity index (χ3n) is 31.4. The summed E-state index contributed by atoms with van der Waals surface area (Å²) in [6.07, 6.45) is 0. The predicted molar refractivity (Wildman–Crippen MR) is 587 cm³/mol. The highest BCUT2D eigenvalue weighted by Crippen LogP contribution is 2.56. The van der Waals surface area contributed by atoms with Crippen molar-refractivity contribution in [1.82, 2.24) is 0 Å². The van der Waals surface area contributed by atoms with Crippen LogP contribution in [-0.4, -0.2) is 0 Å². The van der Waals surface area contributed by atoms with Gasteiger partial charge in [-0.15, -0.1) is 0 Å². The lowest BCUT2D eigenvalue weighted by Crippen LogP contribution is -1.99. The number of fused-ring (bicyclic) bond motifs is 10. The minimum Gasteiger partial charge on any atom is -0.0610 e. The van der Waals surface area contributed by atoms with E-state index in [2.05, 4.69) is 461 Å². The molecule has 31 rings (SSSR count). The summed E-state index contributed by atoms with van der Waals surface area (Å²) in [5.74, 6) is 0. The second-order valence-electron chi connectivity index (χ2n) is 38.0. The summed E-state index contributed by atoms with van der Waals surface area (Å²) >= 11 is 0. The zero-order valence-corrected chi connectivity index (χ0v) is 73.9. The summed E-state index contributed by atoms with van der Waals surface area (Å²) in [7, 11) is 0. The van der Waals surface area contributed by atoms with Crippen molar-refractivity contribution in [3.05, 3.63) is 461 Å². The molecule has 0 heteroatoms. The van der Waals surface area contributed by atoms with Crippen LogP contribution in [0.25, 0.3) is 327 Å². The van der Waals surface area contributed by atoms with Crippen molar-refractivity contribution >= 4 is 215 Å². The van der Waals surface area contributed by atoms with Crippen molar-refractivity contribution in [3.63, 3.8) is 0 Å². The first-order valence-corrected chi connectivity index (χ1v) is 47.6. The Bertz CT molecular complexity index is 9830. The number of hydrogen-bond donors (Lipinski definition) is 0. The van der Waals surface area contributed by atoms with Gasteiger partial charge in [-0.3, -0.25) is 0 Å². The molecule has 0 N–H and O–H groups in total. The second kappa shape index (κ2) is 27.9. The van der Waals surface area contributed by atoms with Crippen LogP contribution in [-0.2, 0) is 0 Å². The van der Waals surface area contributed by atoms with Crippen molar-refractivity contribution in [1.29, 1.82) is 0 Å². The third-order valence-corrected chi connectivity index (χ3v) is 31.4. The molecular formula is C136H76. The van der Waals surface area contributed by atoms with E-state index in [-0.39, 0.29) is 0 Å². The van der Waals surface area contributed by atoms with Crippen LogP contribution in [0.3, 0.4) is 0 Å². The molecule has 0 aliphatic carbocycles. The number of rotatable bonds is 10. The van der Waals surface area contributed by atoms with Crippen LogP contribution in [0.4, 0.5) is 0 Å². The molecule has 0 spiro atoms. The van der Waals surface area contributed by atoms with E-state index < -0.39 is 0 Å². The smallest absolute Gasteiger partial charge is 0.00143 e. The molecule has 0 saturated carbocycles. The van der Waals surface area contributed by atoms with Gasteiger partial charge in [-0.2, -0.15) is 0 Å². The topological polar surface area (TPSA) is 0 Å². The fourth-order valence-corrected chi connectivity index (χ4v) is 25.6. The fourth-order valence-electron chi connectivity index (χ4n) is 25.6. The van der Waals surface area contributed by atoms with Gasteiger partial charge in [0.25, 0.3) is 0 Å². The molecule has 620 valence electrons. The molecule has 0 heterocycles. The summed E-state index contributed by atoms with van der Waals surface area (Å²) in [4.78, 5) is 0. The Hall–Kier alpha value is -17.7. The van der Waals surface area contributed by atoms with Crippen molar-refractivity contribution < 1.29 is 0 Å². The van der Waals surface area contributed by atoms with Crippen LogP contribution in [0.1, 0.15) is 0 Å². The second-order valence-corrected chi connectivity index (χ2v) is 38.0. The Labute approximate surface area is 782 Å². The maximum atomic E-state index is 2.57. The van der Waals surface area contributed by atoms with Crippen LogP contribution < -0.4 is 0 Å². The molecule has 0 amide bonds. The SMILES string of the molecule is c1cc2cccc3c4ccc(-c5ccc(-c6cc(-c7ccc(-c8ccc9c%10cccc%11cccc(c%12cccc8c%129)c%11%10)cc7)c(-c7ccc(-c8ccc9c%10cccc%11cccc(c%12cccc8c%129)c%11%10)cc7)c(-c7ccc(-c8ccc9c%10cccc%11cccc(c%12cccc8c%129)c%11%10)cc7)c6-c6ccc(-c7ccc8c9cccc%10cccc(c%11cccc7c%118)c%109)cc6)cc5)c5cccc(c(c1)c23)c54. The maximum Gasteiger partial charge on any atom is -0.00143 e. The highest BCUT2D eigenvalue weighted by Gasteiger charge is 2.29. The zero-order valence-electron chi connectivity index (χ0n) is 73.9. The van der Waals surface area contributed by atoms with E-state index in [1.807, 2.05) is 0 Å². The monoisotopic (exact) mass is 1710 g/mol. The normalized spacial score (nSPS) is 12.4. The van der Waals surface area contributed by atoms with Crippen LogP contribution in [0, 0.1) is 0 Å². The molecule has 0 nitrogen and oxygen atoms in total. The fraction of sp³-hybridized carbons (Fsp3) is 0. The molecule has 0 aromatic heterocycles. The van der Waals surface area contributed by atoms with Crippen molar-refractivity contribution in [2.75, 3.05) is 0 Å². The van der Waals surface area contributed by atoms with E-state index in [0.717, 1.165) is 83.5 Å². The van der Waals surface area contributed by atoms with Gasteiger partial charge >= 0.3 is 0 Å². The molecule has 0 bridgehead atoms. The number of benzene rings is 31. The minimum absolute atomic E-state index is 1.11. The standard InChI is InChI=1S/C136H76/c1-16-84-21-6-31-107-117-71-66-92(97-36-11-41-112(132(97)117)102(26-1)124(84)107)77-46-50-82(51-47-77)122-76-123(83-52-48-78(49-53-83)93-67-72-118-108-32-7-22-85-17-2-27-103(125(85)108)113-42-12-37-98(93)133(113)118)130(90-62-56-80(57-63-90)95-69-74-120-110-34-9-24-87-19-4-29-105(127(87)110)115-44-14-39-100(95)135(115)120)131(91-64-58-81(59-65-91)96-70-75-121-111-35-10-25-88-20-5-30-106(128(88)111)116-45-15-40-101(96)136(116)121)129(122)89-60-54-79(55-61-89)94-68-73-119-109-33-8-23-86-18-3-28-104(126(86)109)114-43-13-38-99(94)134(114)119/h1-76H. The first-order valence-electron chi connectivity index (χ1n) is 47.6. The van der Waals surface area contributed by atoms with Crippen LogP contribution in [0.15, 0.2) is 461 Å². The molecule has 31 aromatic carbocycles. The van der Waals surface area contributed by atoms with Gasteiger partial charge in [0.05, 0.1) is 0 Å². The molecule has 0 aliphatic heterocycles. The summed E-state index contributed by atoms with van der Waals surface area (Å²) < 4.78 is 0. The van der Waals surface area contributed by atoms with Crippen molar-refractivity contribution in [3.8, 4) is 111 Å². The van der Waals surface area contributed by atoms with Crippen molar-refractivity contribution in [2.45, 2.75) is 0 Å². The first kappa shape index (κ1) is 74.0. The zero-order chi connectivity index (χ0) is 88.4. The van der Waals surface area contributed by atoms with Gasteiger partial charge in [0.1, 0.15) is 0 Å². The lowest BCUT2D eigenvalue weighted by atomic mass is 9.78. The minimum atomic E-state index is 1.11. The van der Waals surface area contributed by atoms with Gasteiger partial charge in [-0.05, 0) is 333 Å².